The molecular formula is C28H29N3O5. The van der Waals surface area contributed by atoms with Crippen LogP contribution < -0.4 is 5.56 Å². The molecule has 8 heteroatoms. The van der Waals surface area contributed by atoms with Crippen molar-refractivity contribution in [2.75, 3.05) is 6.61 Å². The second-order valence-corrected chi connectivity index (χ2v) is 10.1. The summed E-state index contributed by atoms with van der Waals surface area (Å²) in [4.78, 5) is 36.3. The van der Waals surface area contributed by atoms with Gasteiger partial charge in [-0.1, -0.05) is 49.5 Å². The van der Waals surface area contributed by atoms with Crippen molar-refractivity contribution < 1.29 is 19.5 Å². The van der Waals surface area contributed by atoms with Gasteiger partial charge in [0.25, 0.3) is 5.56 Å². The number of pyridine rings is 2. The smallest absolute Gasteiger partial charge is 0.343 e. The number of rotatable bonds is 5. The van der Waals surface area contributed by atoms with Crippen LogP contribution in [0.5, 0.6) is 0 Å². The monoisotopic (exact) mass is 487 g/mol. The van der Waals surface area contributed by atoms with Crippen molar-refractivity contribution in [2.45, 2.75) is 64.2 Å². The van der Waals surface area contributed by atoms with Crippen LogP contribution in [0.3, 0.4) is 0 Å². The molecule has 0 spiro atoms. The highest BCUT2D eigenvalue weighted by Crippen LogP contribution is 2.38. The predicted molar refractivity (Wildman–Crippen MR) is 135 cm³/mol. The number of aromatic nitrogens is 2. The van der Waals surface area contributed by atoms with Crippen molar-refractivity contribution in [2.24, 2.45) is 11.1 Å². The lowest BCUT2D eigenvalue weighted by Crippen LogP contribution is -2.44. The molecular weight excluding hydrogens is 458 g/mol. The molecule has 0 bridgehead atoms. The first-order chi connectivity index (χ1) is 17.5. The number of cyclic esters (lactones) is 1. The molecule has 0 unspecified atom stereocenters. The number of benzene rings is 1. The maximum atomic E-state index is 13.3. The Morgan fingerprint density at radius 3 is 2.89 bits per heavy atom. The fraction of sp³-hybridized carbons (Fsp3) is 0.429. The highest BCUT2D eigenvalue weighted by molar-refractivity contribution is 5.98. The summed E-state index contributed by atoms with van der Waals surface area (Å²) in [6.07, 6.45) is 8.05. The summed E-state index contributed by atoms with van der Waals surface area (Å²) >= 11 is 0. The summed E-state index contributed by atoms with van der Waals surface area (Å²) in [5.74, 6) is -0.150. The van der Waals surface area contributed by atoms with Crippen LogP contribution in [0.4, 0.5) is 0 Å². The molecule has 186 valence electrons. The van der Waals surface area contributed by atoms with Gasteiger partial charge in [-0.05, 0) is 37.3 Å². The van der Waals surface area contributed by atoms with Crippen LogP contribution in [0.25, 0.3) is 22.3 Å². The third-order valence-electron chi connectivity index (χ3n) is 7.87. The summed E-state index contributed by atoms with van der Waals surface area (Å²) in [6.45, 7) is 2.57. The standard InChI is InChI=1S/C28H29N3O5/c1-2-28(34)22-12-23-25-20(14-31(23)26(32)21(22)16-35-27(28)33)11-18-9-6-10-19(24(18)30-25)13-29-36-15-17-7-4-3-5-8-17/h6,9-13,17,34H,2-5,7-8,14-16H2,1H3/b29-13+/t28-/m0/s1. The number of fused-ring (bicyclic) bond motifs is 5. The first-order valence-corrected chi connectivity index (χ1v) is 12.7. The molecule has 3 aromatic rings. The fourth-order valence-corrected chi connectivity index (χ4v) is 5.73. The molecule has 4 heterocycles. The normalized spacial score (nSPS) is 21.3. The molecule has 6 rings (SSSR count). The second kappa shape index (κ2) is 8.85. The van der Waals surface area contributed by atoms with E-state index in [1.54, 1.807) is 23.8 Å². The Hall–Kier alpha value is -3.52. The quantitative estimate of drug-likeness (QED) is 0.259. The van der Waals surface area contributed by atoms with Crippen LogP contribution >= 0.6 is 0 Å². The number of carbonyl (C=O) groups is 1. The Morgan fingerprint density at radius 2 is 2.08 bits per heavy atom. The third-order valence-corrected chi connectivity index (χ3v) is 7.87. The van der Waals surface area contributed by atoms with Crippen LogP contribution in [0.1, 0.15) is 67.7 Å². The van der Waals surface area contributed by atoms with E-state index in [2.05, 4.69) is 5.16 Å². The maximum absolute atomic E-state index is 13.3. The van der Waals surface area contributed by atoms with E-state index >= 15 is 0 Å². The third kappa shape index (κ3) is 3.63. The Kier molecular flexibility index (Phi) is 5.63. The lowest BCUT2D eigenvalue weighted by Gasteiger charge is -2.31. The molecule has 0 saturated heterocycles. The number of hydrogen-bond donors (Lipinski definition) is 1. The summed E-state index contributed by atoms with van der Waals surface area (Å²) in [7, 11) is 0. The number of oxime groups is 1. The largest absolute Gasteiger partial charge is 0.458 e. The van der Waals surface area contributed by atoms with E-state index in [-0.39, 0.29) is 18.6 Å². The van der Waals surface area contributed by atoms with Crippen molar-refractivity contribution in [3.63, 3.8) is 0 Å². The minimum atomic E-state index is -1.84. The van der Waals surface area contributed by atoms with E-state index in [9.17, 15) is 14.7 Å². The summed E-state index contributed by atoms with van der Waals surface area (Å²) < 4.78 is 6.79. The van der Waals surface area contributed by atoms with Crippen LogP contribution in [0.2, 0.25) is 0 Å². The number of carbonyl (C=O) groups excluding carboxylic acids is 1. The summed E-state index contributed by atoms with van der Waals surface area (Å²) in [5, 5.41) is 16.2. The lowest BCUT2D eigenvalue weighted by atomic mass is 9.86. The molecule has 1 aliphatic carbocycles. The van der Waals surface area contributed by atoms with Gasteiger partial charge in [0.05, 0.1) is 35.2 Å². The average Bonchev–Trinajstić information content (AvgIpc) is 3.26. The van der Waals surface area contributed by atoms with E-state index < -0.39 is 11.6 Å². The predicted octanol–water partition coefficient (Wildman–Crippen LogP) is 4.01. The van der Waals surface area contributed by atoms with Gasteiger partial charge in [0.2, 0.25) is 0 Å². The van der Waals surface area contributed by atoms with Crippen LogP contribution in [-0.4, -0.2) is 33.4 Å². The van der Waals surface area contributed by atoms with E-state index in [0.717, 1.165) is 22.0 Å². The average molecular weight is 488 g/mol. The van der Waals surface area contributed by atoms with Crippen molar-refractivity contribution in [1.29, 1.82) is 0 Å². The van der Waals surface area contributed by atoms with Crippen molar-refractivity contribution in [1.82, 2.24) is 9.55 Å². The SMILES string of the molecule is CC[C@@]1(O)C(=O)OCc2c1cc1n(c2=O)Cc2cc3cccc(/C=N/OCC4CCCCC4)c3nc2-1. The molecule has 1 atom stereocenters. The zero-order valence-corrected chi connectivity index (χ0v) is 20.3. The Bertz CT molecular complexity index is 1450. The van der Waals surface area contributed by atoms with Gasteiger partial charge in [-0.3, -0.25) is 4.79 Å². The van der Waals surface area contributed by atoms with Gasteiger partial charge in [-0.15, -0.1) is 0 Å². The van der Waals surface area contributed by atoms with Crippen LogP contribution in [0, 0.1) is 5.92 Å². The molecule has 0 amide bonds. The Labute approximate surface area is 208 Å². The van der Waals surface area contributed by atoms with E-state index in [1.165, 1.54) is 32.1 Å². The second-order valence-electron chi connectivity index (χ2n) is 10.1. The molecule has 1 aromatic carbocycles. The first-order valence-electron chi connectivity index (χ1n) is 12.7. The zero-order valence-electron chi connectivity index (χ0n) is 20.3. The molecule has 2 aliphatic heterocycles. The number of aliphatic hydroxyl groups is 1. The molecule has 2 aromatic heterocycles. The lowest BCUT2D eigenvalue weighted by molar-refractivity contribution is -0.172. The molecule has 1 fully saturated rings. The Morgan fingerprint density at radius 1 is 1.25 bits per heavy atom. The minimum absolute atomic E-state index is 0.112. The molecule has 8 nitrogen and oxygen atoms in total. The summed E-state index contributed by atoms with van der Waals surface area (Å²) in [5.41, 5.74) is 2.30. The van der Waals surface area contributed by atoms with Gasteiger partial charge in [0.15, 0.2) is 5.60 Å². The van der Waals surface area contributed by atoms with E-state index in [4.69, 9.17) is 14.6 Å². The topological polar surface area (TPSA) is 103 Å². The van der Waals surface area contributed by atoms with Gasteiger partial charge >= 0.3 is 5.97 Å². The summed E-state index contributed by atoms with van der Waals surface area (Å²) in [6, 6.07) is 9.65. The number of ether oxygens (including phenoxy) is 1. The van der Waals surface area contributed by atoms with Crippen molar-refractivity contribution in [3.8, 4) is 11.4 Å². The molecule has 36 heavy (non-hydrogen) atoms. The van der Waals surface area contributed by atoms with E-state index in [0.29, 0.717) is 41.6 Å². The van der Waals surface area contributed by atoms with E-state index in [1.807, 2.05) is 24.3 Å². The highest BCUT2D eigenvalue weighted by atomic mass is 16.6. The maximum Gasteiger partial charge on any atom is 0.343 e. The van der Waals surface area contributed by atoms with Gasteiger partial charge in [-0.2, -0.15) is 0 Å². The van der Waals surface area contributed by atoms with Crippen LogP contribution in [0.15, 0.2) is 40.3 Å². The van der Waals surface area contributed by atoms with Gasteiger partial charge in [0, 0.05) is 22.1 Å². The zero-order chi connectivity index (χ0) is 24.9. The van der Waals surface area contributed by atoms with Crippen molar-refractivity contribution >= 4 is 23.1 Å². The Balaban J connectivity index is 1.38. The molecule has 1 saturated carbocycles. The van der Waals surface area contributed by atoms with Crippen molar-refractivity contribution in [3.05, 3.63) is 62.9 Å². The molecule has 3 aliphatic rings. The van der Waals surface area contributed by atoms with Crippen LogP contribution in [-0.2, 0) is 33.1 Å². The van der Waals surface area contributed by atoms with Gasteiger partial charge < -0.3 is 19.2 Å². The number of esters is 1. The fourth-order valence-electron chi connectivity index (χ4n) is 5.73. The van der Waals surface area contributed by atoms with Gasteiger partial charge in [-0.25, -0.2) is 9.78 Å². The number of para-hydroxylation sites is 1. The highest BCUT2D eigenvalue weighted by Gasteiger charge is 2.45. The molecule has 0 radical (unpaired) electrons. The minimum Gasteiger partial charge on any atom is -0.458 e. The number of nitrogens with zero attached hydrogens (tertiary/aromatic N) is 3. The number of hydrogen-bond acceptors (Lipinski definition) is 7. The molecule has 1 N–H and O–H groups in total. The van der Waals surface area contributed by atoms with Gasteiger partial charge in [0.1, 0.15) is 13.2 Å². The first kappa shape index (κ1) is 22.9.